The fraction of sp³-hybridized carbons (Fsp3) is 0.529. The quantitative estimate of drug-likeness (QED) is 0.839. The highest BCUT2D eigenvalue weighted by atomic mass is 32.1. The van der Waals surface area contributed by atoms with Gasteiger partial charge in [-0.3, -0.25) is 4.79 Å². The molecule has 1 aromatic carbocycles. The number of aryl methyl sites for hydroxylation is 1. The molecule has 0 spiro atoms. The predicted molar refractivity (Wildman–Crippen MR) is 94.4 cm³/mol. The molecule has 0 atom stereocenters. The van der Waals surface area contributed by atoms with Crippen molar-refractivity contribution in [2.75, 3.05) is 16.8 Å². The van der Waals surface area contributed by atoms with Crippen molar-refractivity contribution in [2.45, 2.75) is 51.5 Å². The summed E-state index contributed by atoms with van der Waals surface area (Å²) in [6, 6.07) is 6.59. The fourth-order valence-corrected chi connectivity index (χ4v) is 3.59. The smallest absolute Gasteiger partial charge is 0.227 e. The van der Waals surface area contributed by atoms with Crippen molar-refractivity contribution in [1.82, 2.24) is 5.32 Å². The Balaban J connectivity index is 1.68. The number of nitrogens with one attached hydrogen (secondary N) is 2. The van der Waals surface area contributed by atoms with Gasteiger partial charge in [-0.1, -0.05) is 18.9 Å². The van der Waals surface area contributed by atoms with Crippen molar-refractivity contribution < 1.29 is 4.79 Å². The second-order valence-corrected chi connectivity index (χ2v) is 6.64. The van der Waals surface area contributed by atoms with Crippen LogP contribution in [0.1, 0.15) is 44.1 Å². The first-order chi connectivity index (χ1) is 10.6. The maximum Gasteiger partial charge on any atom is 0.227 e. The van der Waals surface area contributed by atoms with Crippen molar-refractivity contribution in [3.8, 4) is 0 Å². The van der Waals surface area contributed by atoms with Crippen LogP contribution in [-0.4, -0.2) is 23.6 Å². The summed E-state index contributed by atoms with van der Waals surface area (Å²) in [6.45, 7) is 2.85. The van der Waals surface area contributed by atoms with Gasteiger partial charge in [0.1, 0.15) is 0 Å². The van der Waals surface area contributed by atoms with Gasteiger partial charge in [-0.2, -0.15) is 0 Å². The van der Waals surface area contributed by atoms with Gasteiger partial charge in [0.15, 0.2) is 5.11 Å². The second-order valence-electron chi connectivity index (χ2n) is 6.23. The summed E-state index contributed by atoms with van der Waals surface area (Å²) in [5, 5.41) is 7.31. The standard InChI is InChI=1S/C17H23N3OS/c1-12-8-9-14(11-15(12)20-10-4-7-16(20)21)19-17(22)18-13-5-2-3-6-13/h8-9,11,13H,2-7,10H2,1H3,(H2,18,19,22). The Morgan fingerprint density at radius 1 is 1.27 bits per heavy atom. The van der Waals surface area contributed by atoms with E-state index in [4.69, 9.17) is 12.2 Å². The summed E-state index contributed by atoms with van der Waals surface area (Å²) >= 11 is 5.40. The lowest BCUT2D eigenvalue weighted by Gasteiger charge is -2.21. The third kappa shape index (κ3) is 3.40. The minimum atomic E-state index is 0.215. The van der Waals surface area contributed by atoms with Crippen LogP contribution in [0.5, 0.6) is 0 Å². The molecule has 118 valence electrons. The molecule has 22 heavy (non-hydrogen) atoms. The number of hydrogen-bond donors (Lipinski definition) is 2. The van der Waals surface area contributed by atoms with E-state index in [-0.39, 0.29) is 5.91 Å². The zero-order chi connectivity index (χ0) is 15.5. The first kappa shape index (κ1) is 15.3. The zero-order valence-electron chi connectivity index (χ0n) is 13.0. The molecule has 2 N–H and O–H groups in total. The summed E-state index contributed by atoms with van der Waals surface area (Å²) in [6.07, 6.45) is 6.56. The highest BCUT2D eigenvalue weighted by molar-refractivity contribution is 7.80. The van der Waals surface area contributed by atoms with Crippen molar-refractivity contribution in [3.05, 3.63) is 23.8 Å². The van der Waals surface area contributed by atoms with Gasteiger partial charge in [0.2, 0.25) is 5.91 Å². The Labute approximate surface area is 137 Å². The molecule has 0 radical (unpaired) electrons. The van der Waals surface area contributed by atoms with Gasteiger partial charge in [0, 0.05) is 30.4 Å². The van der Waals surface area contributed by atoms with E-state index in [2.05, 4.69) is 10.6 Å². The van der Waals surface area contributed by atoms with Crippen LogP contribution in [-0.2, 0) is 4.79 Å². The molecule has 1 aliphatic carbocycles. The minimum Gasteiger partial charge on any atom is -0.360 e. The van der Waals surface area contributed by atoms with Gasteiger partial charge < -0.3 is 15.5 Å². The first-order valence-electron chi connectivity index (χ1n) is 8.12. The molecule has 3 rings (SSSR count). The van der Waals surface area contributed by atoms with Gasteiger partial charge in [-0.25, -0.2) is 0 Å². The monoisotopic (exact) mass is 317 g/mol. The summed E-state index contributed by atoms with van der Waals surface area (Å²) in [5.41, 5.74) is 3.06. The highest BCUT2D eigenvalue weighted by Crippen LogP contribution is 2.28. The van der Waals surface area contributed by atoms with Crippen LogP contribution in [0.15, 0.2) is 18.2 Å². The van der Waals surface area contributed by atoms with Crippen LogP contribution >= 0.6 is 12.2 Å². The highest BCUT2D eigenvalue weighted by Gasteiger charge is 2.23. The van der Waals surface area contributed by atoms with Crippen molar-refractivity contribution in [3.63, 3.8) is 0 Å². The number of anilines is 2. The van der Waals surface area contributed by atoms with E-state index in [9.17, 15) is 4.79 Å². The number of hydrogen-bond acceptors (Lipinski definition) is 2. The molecular formula is C17H23N3OS. The molecular weight excluding hydrogens is 294 g/mol. The topological polar surface area (TPSA) is 44.4 Å². The molecule has 0 unspecified atom stereocenters. The van der Waals surface area contributed by atoms with E-state index >= 15 is 0 Å². The van der Waals surface area contributed by atoms with E-state index in [1.54, 1.807) is 0 Å². The average molecular weight is 317 g/mol. The van der Waals surface area contributed by atoms with Crippen LogP contribution in [0.3, 0.4) is 0 Å². The molecule has 1 aliphatic heterocycles. The van der Waals surface area contributed by atoms with Gasteiger partial charge in [-0.05, 0) is 56.1 Å². The van der Waals surface area contributed by atoms with Crippen molar-refractivity contribution in [1.29, 1.82) is 0 Å². The zero-order valence-corrected chi connectivity index (χ0v) is 13.8. The maximum absolute atomic E-state index is 12.0. The third-order valence-corrected chi connectivity index (χ3v) is 4.74. The summed E-state index contributed by atoms with van der Waals surface area (Å²) < 4.78 is 0. The molecule has 1 amide bonds. The van der Waals surface area contributed by atoms with E-state index in [0.717, 1.165) is 29.9 Å². The summed E-state index contributed by atoms with van der Waals surface area (Å²) in [4.78, 5) is 13.8. The molecule has 0 bridgehead atoms. The van der Waals surface area contributed by atoms with E-state index in [1.807, 2.05) is 30.0 Å². The largest absolute Gasteiger partial charge is 0.360 e. The van der Waals surface area contributed by atoms with Crippen molar-refractivity contribution in [2.24, 2.45) is 0 Å². The van der Waals surface area contributed by atoms with Gasteiger partial charge >= 0.3 is 0 Å². The Morgan fingerprint density at radius 2 is 2.05 bits per heavy atom. The minimum absolute atomic E-state index is 0.215. The summed E-state index contributed by atoms with van der Waals surface area (Å²) in [7, 11) is 0. The lowest BCUT2D eigenvalue weighted by Crippen LogP contribution is -2.36. The fourth-order valence-electron chi connectivity index (χ4n) is 3.30. The molecule has 4 nitrogen and oxygen atoms in total. The molecule has 1 saturated carbocycles. The predicted octanol–water partition coefficient (Wildman–Crippen LogP) is 3.35. The first-order valence-corrected chi connectivity index (χ1v) is 8.53. The number of carbonyl (C=O) groups excluding carboxylic acids is 1. The van der Waals surface area contributed by atoms with E-state index in [0.29, 0.717) is 17.6 Å². The maximum atomic E-state index is 12.0. The number of amides is 1. The van der Waals surface area contributed by atoms with Crippen LogP contribution in [0.2, 0.25) is 0 Å². The van der Waals surface area contributed by atoms with Gasteiger partial charge in [-0.15, -0.1) is 0 Å². The van der Waals surface area contributed by atoms with Crippen LogP contribution in [0, 0.1) is 6.92 Å². The molecule has 2 aliphatic rings. The Morgan fingerprint density at radius 3 is 2.73 bits per heavy atom. The lowest BCUT2D eigenvalue weighted by atomic mass is 10.1. The molecule has 0 aromatic heterocycles. The molecule has 1 heterocycles. The number of carbonyl (C=O) groups is 1. The van der Waals surface area contributed by atoms with Gasteiger partial charge in [0.25, 0.3) is 0 Å². The second kappa shape index (κ2) is 6.65. The number of thiocarbonyl (C=S) groups is 1. The molecule has 1 saturated heterocycles. The number of rotatable bonds is 3. The van der Waals surface area contributed by atoms with E-state index < -0.39 is 0 Å². The Bertz CT molecular complexity index is 581. The summed E-state index contributed by atoms with van der Waals surface area (Å²) in [5.74, 6) is 0.215. The Kier molecular flexibility index (Phi) is 4.62. The normalized spacial score (nSPS) is 18.8. The Hall–Kier alpha value is -1.62. The van der Waals surface area contributed by atoms with Crippen LogP contribution in [0.4, 0.5) is 11.4 Å². The third-order valence-electron chi connectivity index (χ3n) is 4.52. The molecule has 5 heteroatoms. The van der Waals surface area contributed by atoms with Crippen LogP contribution in [0.25, 0.3) is 0 Å². The number of benzene rings is 1. The lowest BCUT2D eigenvalue weighted by molar-refractivity contribution is -0.117. The molecule has 1 aromatic rings. The van der Waals surface area contributed by atoms with Crippen LogP contribution < -0.4 is 15.5 Å². The van der Waals surface area contributed by atoms with Gasteiger partial charge in [0.05, 0.1) is 0 Å². The van der Waals surface area contributed by atoms with Crippen molar-refractivity contribution >= 4 is 34.6 Å². The number of nitrogens with zero attached hydrogens (tertiary/aromatic N) is 1. The van der Waals surface area contributed by atoms with E-state index in [1.165, 1.54) is 25.7 Å². The average Bonchev–Trinajstić information content (AvgIpc) is 3.13. The molecule has 2 fully saturated rings. The SMILES string of the molecule is Cc1ccc(NC(=S)NC2CCCC2)cc1N1CCCC1=O.